The second kappa shape index (κ2) is 8.39. The molecule has 0 radical (unpaired) electrons. The Morgan fingerprint density at radius 3 is 2.82 bits per heavy atom. The Morgan fingerprint density at radius 2 is 2.11 bits per heavy atom. The van der Waals surface area contributed by atoms with E-state index in [-0.39, 0.29) is 12.7 Å². The predicted molar refractivity (Wildman–Crippen MR) is 112 cm³/mol. The SMILES string of the molecule is CC(C)OC1CCC(C2=c3[nH]c4c(c3N(CCO)CC=C2Cl)CN=NC=4)CC1. The zero-order valence-electron chi connectivity index (χ0n) is 16.6. The monoisotopic (exact) mass is 404 g/mol. The Morgan fingerprint density at radius 1 is 1.32 bits per heavy atom. The molecule has 0 aromatic carbocycles. The number of azo groups is 1. The van der Waals surface area contributed by atoms with Crippen molar-refractivity contribution in [3.8, 4) is 0 Å². The van der Waals surface area contributed by atoms with E-state index in [1.807, 2.05) is 0 Å². The fourth-order valence-electron chi connectivity index (χ4n) is 4.68. The van der Waals surface area contributed by atoms with Crippen LogP contribution in [0.4, 0.5) is 5.69 Å². The van der Waals surface area contributed by atoms with Gasteiger partial charge in [-0.25, -0.2) is 0 Å². The molecule has 6 nitrogen and oxygen atoms in total. The summed E-state index contributed by atoms with van der Waals surface area (Å²) < 4.78 is 6.03. The highest BCUT2D eigenvalue weighted by Gasteiger charge is 2.30. The van der Waals surface area contributed by atoms with E-state index in [1.165, 1.54) is 5.57 Å². The van der Waals surface area contributed by atoms with E-state index in [4.69, 9.17) is 16.3 Å². The van der Waals surface area contributed by atoms with Crippen molar-refractivity contribution < 1.29 is 9.84 Å². The van der Waals surface area contributed by atoms with Gasteiger partial charge in [0, 0.05) is 23.7 Å². The van der Waals surface area contributed by atoms with Gasteiger partial charge in [0.05, 0.1) is 47.9 Å². The lowest BCUT2D eigenvalue weighted by molar-refractivity contribution is -0.0159. The van der Waals surface area contributed by atoms with Gasteiger partial charge in [0.25, 0.3) is 0 Å². The number of aromatic nitrogens is 1. The number of allylic oxidation sites excluding steroid dienone is 1. The summed E-state index contributed by atoms with van der Waals surface area (Å²) >= 11 is 6.82. The summed E-state index contributed by atoms with van der Waals surface area (Å²) in [6.07, 6.45) is 8.74. The van der Waals surface area contributed by atoms with Crippen molar-refractivity contribution in [1.29, 1.82) is 0 Å². The normalized spacial score (nSPS) is 24.5. The number of nitrogens with one attached hydrogen (secondary N) is 1. The molecule has 1 aromatic rings. The van der Waals surface area contributed by atoms with E-state index in [0.29, 0.717) is 31.7 Å². The van der Waals surface area contributed by atoms with E-state index in [0.717, 1.165) is 52.7 Å². The molecule has 2 N–H and O–H groups in total. The minimum absolute atomic E-state index is 0.100. The number of halogens is 1. The largest absolute Gasteiger partial charge is 0.395 e. The first-order chi connectivity index (χ1) is 13.6. The molecule has 1 saturated carbocycles. The van der Waals surface area contributed by atoms with E-state index < -0.39 is 0 Å². The average molecular weight is 405 g/mol. The van der Waals surface area contributed by atoms with Crippen molar-refractivity contribution in [3.05, 3.63) is 27.4 Å². The van der Waals surface area contributed by atoms with Gasteiger partial charge in [-0.2, -0.15) is 10.2 Å². The zero-order chi connectivity index (χ0) is 19.7. The molecule has 4 rings (SSSR count). The van der Waals surface area contributed by atoms with Crippen LogP contribution in [0.1, 0.15) is 45.1 Å². The van der Waals surface area contributed by atoms with Crippen molar-refractivity contribution in [3.63, 3.8) is 0 Å². The van der Waals surface area contributed by atoms with E-state index in [9.17, 15) is 5.11 Å². The standard InChI is InChI=1S/C21H29ClN4O2/c1-13(2)28-15-5-3-14(4-6-15)19-17(22)7-8-26(9-10-27)21-16-11-23-24-12-18(16)25-20(19)21/h7,12-15,25,27H,3-6,8-11H2,1-2H3. The summed E-state index contributed by atoms with van der Waals surface area (Å²) in [5, 5.41) is 20.8. The second-order valence-corrected chi connectivity index (χ2v) is 8.49. The van der Waals surface area contributed by atoms with E-state index in [2.05, 4.69) is 40.0 Å². The summed E-state index contributed by atoms with van der Waals surface area (Å²) in [7, 11) is 0. The highest BCUT2D eigenvalue weighted by Crippen LogP contribution is 2.38. The van der Waals surface area contributed by atoms with Crippen LogP contribution in [0.3, 0.4) is 0 Å². The molecule has 0 unspecified atom stereocenters. The first-order valence-corrected chi connectivity index (χ1v) is 10.7. The molecule has 0 saturated heterocycles. The highest BCUT2D eigenvalue weighted by molar-refractivity contribution is 6.36. The van der Waals surface area contributed by atoms with Gasteiger partial charge >= 0.3 is 0 Å². The third-order valence-electron chi connectivity index (χ3n) is 5.86. The number of hydrogen-bond donors (Lipinski definition) is 2. The van der Waals surface area contributed by atoms with Crippen LogP contribution >= 0.6 is 11.6 Å². The fourth-order valence-corrected chi connectivity index (χ4v) is 5.00. The Kier molecular flexibility index (Phi) is 5.90. The maximum absolute atomic E-state index is 9.58. The van der Waals surface area contributed by atoms with Gasteiger partial charge in [-0.3, -0.25) is 0 Å². The number of fused-ring (bicyclic) bond motifs is 3. The van der Waals surface area contributed by atoms with Crippen LogP contribution in [-0.4, -0.2) is 42.0 Å². The van der Waals surface area contributed by atoms with Crippen molar-refractivity contribution in [2.24, 2.45) is 16.1 Å². The lowest BCUT2D eigenvalue weighted by Gasteiger charge is -2.31. The van der Waals surface area contributed by atoms with E-state index >= 15 is 0 Å². The Labute approximate surface area is 170 Å². The van der Waals surface area contributed by atoms with Gasteiger partial charge in [0.15, 0.2) is 0 Å². The van der Waals surface area contributed by atoms with Crippen LogP contribution in [0, 0.1) is 5.92 Å². The number of ether oxygens (including phenoxy) is 1. The molecule has 1 aromatic heterocycles. The van der Waals surface area contributed by atoms with Crippen LogP contribution in [0.25, 0.3) is 11.8 Å². The van der Waals surface area contributed by atoms with Gasteiger partial charge in [0.2, 0.25) is 0 Å². The minimum Gasteiger partial charge on any atom is -0.395 e. The highest BCUT2D eigenvalue weighted by atomic mass is 35.5. The number of anilines is 1. The van der Waals surface area contributed by atoms with Crippen molar-refractivity contribution in [1.82, 2.24) is 4.98 Å². The number of β-amino-alcohol motifs (C(OH)–C–C–N with tert-alkyl or cyclic N) is 1. The van der Waals surface area contributed by atoms with Gasteiger partial charge in [-0.15, -0.1) is 0 Å². The third kappa shape index (κ3) is 3.78. The van der Waals surface area contributed by atoms with Gasteiger partial charge < -0.3 is 19.7 Å². The molecule has 0 amide bonds. The summed E-state index contributed by atoms with van der Waals surface area (Å²) in [5.74, 6) is 0.401. The molecule has 1 aliphatic carbocycles. The minimum atomic E-state index is 0.100. The molecule has 28 heavy (non-hydrogen) atoms. The molecular formula is C21H29ClN4O2. The van der Waals surface area contributed by atoms with Gasteiger partial charge in [0.1, 0.15) is 0 Å². The molecule has 0 atom stereocenters. The van der Waals surface area contributed by atoms with Crippen LogP contribution < -0.4 is 15.6 Å². The topological polar surface area (TPSA) is 73.2 Å². The fraction of sp³-hybridized carbons (Fsp3) is 0.619. The maximum atomic E-state index is 9.58. The predicted octanol–water partition coefficient (Wildman–Crippen LogP) is 2.79. The zero-order valence-corrected chi connectivity index (χ0v) is 17.4. The molecule has 3 aliphatic rings. The molecule has 152 valence electrons. The van der Waals surface area contributed by atoms with Crippen LogP contribution in [0.2, 0.25) is 0 Å². The first-order valence-electron chi connectivity index (χ1n) is 10.3. The molecule has 7 heteroatoms. The number of aromatic amines is 1. The lowest BCUT2D eigenvalue weighted by Crippen LogP contribution is -2.32. The number of rotatable bonds is 5. The van der Waals surface area contributed by atoms with Crippen molar-refractivity contribution in [2.45, 2.75) is 58.3 Å². The number of aliphatic hydroxyl groups excluding tert-OH is 1. The number of aliphatic hydroxyl groups is 1. The molecule has 2 aliphatic heterocycles. The quantitative estimate of drug-likeness (QED) is 0.792. The summed E-state index contributed by atoms with van der Waals surface area (Å²) in [6.45, 7) is 6.11. The Bertz CT molecular complexity index is 894. The second-order valence-electron chi connectivity index (χ2n) is 8.08. The van der Waals surface area contributed by atoms with E-state index in [1.54, 1.807) is 6.20 Å². The van der Waals surface area contributed by atoms with Crippen molar-refractivity contribution in [2.75, 3.05) is 24.6 Å². The number of hydrogen-bond acceptors (Lipinski definition) is 5. The lowest BCUT2D eigenvalue weighted by atomic mass is 9.81. The smallest absolute Gasteiger partial charge is 0.0895 e. The number of nitrogens with zero attached hydrogens (tertiary/aromatic N) is 3. The maximum Gasteiger partial charge on any atom is 0.0895 e. The Balaban J connectivity index is 1.76. The molecular weight excluding hydrogens is 376 g/mol. The third-order valence-corrected chi connectivity index (χ3v) is 6.21. The Hall–Kier alpha value is -1.63. The molecule has 0 spiro atoms. The summed E-state index contributed by atoms with van der Waals surface area (Å²) in [6, 6.07) is 0. The van der Waals surface area contributed by atoms with Crippen LogP contribution in [0.15, 0.2) is 21.3 Å². The molecule has 3 heterocycles. The van der Waals surface area contributed by atoms with Crippen LogP contribution in [-0.2, 0) is 11.3 Å². The summed E-state index contributed by atoms with van der Waals surface area (Å²) in [5.41, 5.74) is 3.47. The number of H-pyrrole nitrogens is 1. The molecule has 0 bridgehead atoms. The van der Waals surface area contributed by atoms with Crippen molar-refractivity contribution >= 4 is 29.1 Å². The van der Waals surface area contributed by atoms with Gasteiger partial charge in [-0.05, 0) is 57.1 Å². The van der Waals surface area contributed by atoms with Crippen LogP contribution in [0.5, 0.6) is 0 Å². The summed E-state index contributed by atoms with van der Waals surface area (Å²) in [4.78, 5) is 5.77. The molecule has 1 fully saturated rings. The van der Waals surface area contributed by atoms with Gasteiger partial charge in [-0.1, -0.05) is 11.6 Å². The first kappa shape index (κ1) is 19.7. The average Bonchev–Trinajstić information content (AvgIpc) is 2.99.